The summed E-state index contributed by atoms with van der Waals surface area (Å²) in [7, 11) is 0. The summed E-state index contributed by atoms with van der Waals surface area (Å²) in [5.74, 6) is 0. The lowest BCUT2D eigenvalue weighted by molar-refractivity contribution is 1.63. The van der Waals surface area contributed by atoms with E-state index >= 15 is 0 Å². The van der Waals surface area contributed by atoms with Crippen LogP contribution in [-0.4, -0.2) is 0 Å². The largest absolute Gasteiger partial charge is 0.0616 e. The van der Waals surface area contributed by atoms with Crippen LogP contribution in [0.4, 0.5) is 0 Å². The molecule has 0 unspecified atom stereocenters. The highest BCUT2D eigenvalue weighted by atomic mass is 14.2. The lowest BCUT2D eigenvalue weighted by atomic mass is 9.84. The van der Waals surface area contributed by atoms with E-state index in [1.807, 2.05) is 0 Å². The molecule has 0 saturated carbocycles. The van der Waals surface area contributed by atoms with Crippen LogP contribution in [0.5, 0.6) is 0 Å². The van der Waals surface area contributed by atoms with Gasteiger partial charge in [-0.15, -0.1) is 0 Å². The summed E-state index contributed by atoms with van der Waals surface area (Å²) in [4.78, 5) is 0. The van der Waals surface area contributed by atoms with Crippen molar-refractivity contribution in [3.63, 3.8) is 0 Å². The zero-order valence-electron chi connectivity index (χ0n) is 40.6. The topological polar surface area (TPSA) is 0 Å². The molecule has 0 heterocycles. The Morgan fingerprint density at radius 3 is 0.959 bits per heavy atom. The first-order chi connectivity index (χ1) is 36.7. The van der Waals surface area contributed by atoms with Gasteiger partial charge in [0.25, 0.3) is 0 Å². The van der Waals surface area contributed by atoms with Crippen molar-refractivity contribution in [3.05, 3.63) is 279 Å². The van der Waals surface area contributed by atoms with E-state index in [1.165, 1.54) is 153 Å². The van der Waals surface area contributed by atoms with E-state index in [4.69, 9.17) is 0 Å². The van der Waals surface area contributed by atoms with Gasteiger partial charge in [-0.2, -0.15) is 0 Å². The second-order valence-electron chi connectivity index (χ2n) is 19.8. The highest BCUT2D eigenvalue weighted by Crippen LogP contribution is 2.48. The van der Waals surface area contributed by atoms with E-state index in [0.29, 0.717) is 0 Å². The maximum absolute atomic E-state index is 2.37. The maximum atomic E-state index is 2.37. The van der Waals surface area contributed by atoms with Gasteiger partial charge in [0.05, 0.1) is 0 Å². The molecule has 0 aliphatic carbocycles. The fourth-order valence-electron chi connectivity index (χ4n) is 12.5. The van der Waals surface area contributed by atoms with E-state index in [-0.39, 0.29) is 0 Å². The molecule has 0 fully saturated rings. The first-order valence-corrected chi connectivity index (χ1v) is 25.7. The minimum Gasteiger partial charge on any atom is -0.0616 e. The molecule has 0 aliphatic rings. The van der Waals surface area contributed by atoms with Crippen molar-refractivity contribution < 1.29 is 0 Å². The SMILES string of the molecule is c1ccc2cc(-c3c4ccccc4c(-c4cccc5cc(-c6ccc7c(-c8ccc(-c9c%10ccccc%10c(-c%10cccc%11ccccc%10%11)c%10ccccc9%10)cc8)cccc7c6)ccc45)c4ccccc34)ccc2c1. The van der Waals surface area contributed by atoms with Crippen molar-refractivity contribution in [2.75, 3.05) is 0 Å². The van der Waals surface area contributed by atoms with Gasteiger partial charge in [-0.1, -0.05) is 261 Å². The quantitative estimate of drug-likeness (QED) is 0.146. The summed E-state index contributed by atoms with van der Waals surface area (Å²) in [6.45, 7) is 0. The average molecular weight is 935 g/mol. The van der Waals surface area contributed by atoms with E-state index in [9.17, 15) is 0 Å². The van der Waals surface area contributed by atoms with E-state index in [1.54, 1.807) is 0 Å². The summed E-state index contributed by atoms with van der Waals surface area (Å²) >= 11 is 0. The highest BCUT2D eigenvalue weighted by molar-refractivity contribution is 6.25. The number of fused-ring (bicyclic) bond motifs is 8. The zero-order chi connectivity index (χ0) is 48.7. The third-order valence-corrected chi connectivity index (χ3v) is 15.8. The third kappa shape index (κ3) is 6.69. The molecule has 15 aromatic rings. The van der Waals surface area contributed by atoms with Crippen molar-refractivity contribution in [2.45, 2.75) is 0 Å². The van der Waals surface area contributed by atoms with Gasteiger partial charge in [-0.05, 0) is 171 Å². The van der Waals surface area contributed by atoms with Gasteiger partial charge < -0.3 is 0 Å². The Kier molecular flexibility index (Phi) is 9.68. The van der Waals surface area contributed by atoms with Crippen LogP contribution in [0.3, 0.4) is 0 Å². The fourth-order valence-corrected chi connectivity index (χ4v) is 12.5. The monoisotopic (exact) mass is 934 g/mol. The van der Waals surface area contributed by atoms with Gasteiger partial charge in [0, 0.05) is 0 Å². The predicted molar refractivity (Wildman–Crippen MR) is 319 cm³/mol. The van der Waals surface area contributed by atoms with Gasteiger partial charge in [0.2, 0.25) is 0 Å². The van der Waals surface area contributed by atoms with Crippen LogP contribution >= 0.6 is 0 Å². The third-order valence-electron chi connectivity index (χ3n) is 15.8. The Hall–Kier alpha value is -9.62. The van der Waals surface area contributed by atoms with Gasteiger partial charge in [0.1, 0.15) is 0 Å². The molecule has 0 aromatic heterocycles. The van der Waals surface area contributed by atoms with Crippen LogP contribution in [0.1, 0.15) is 0 Å². The van der Waals surface area contributed by atoms with Crippen molar-refractivity contribution in [1.82, 2.24) is 0 Å². The average Bonchev–Trinajstić information content (AvgIpc) is 3.50. The van der Waals surface area contributed by atoms with Gasteiger partial charge in [0.15, 0.2) is 0 Å². The molecule has 0 heteroatoms. The highest BCUT2D eigenvalue weighted by Gasteiger charge is 2.21. The molecule has 0 spiro atoms. The number of hydrogen-bond donors (Lipinski definition) is 0. The van der Waals surface area contributed by atoms with Gasteiger partial charge in [-0.25, -0.2) is 0 Å². The fraction of sp³-hybridized carbons (Fsp3) is 0. The van der Waals surface area contributed by atoms with E-state index in [0.717, 1.165) is 0 Å². The Balaban J connectivity index is 0.797. The molecule has 342 valence electrons. The minimum atomic E-state index is 1.21. The van der Waals surface area contributed by atoms with Crippen molar-refractivity contribution in [3.8, 4) is 66.8 Å². The number of rotatable bonds is 6. The molecule has 15 aromatic carbocycles. The molecule has 0 aliphatic heterocycles. The lowest BCUT2D eigenvalue weighted by Crippen LogP contribution is -1.92. The molecule has 0 nitrogen and oxygen atoms in total. The van der Waals surface area contributed by atoms with Gasteiger partial charge >= 0.3 is 0 Å². The van der Waals surface area contributed by atoms with Crippen LogP contribution in [0, 0.1) is 0 Å². The molecule has 0 N–H and O–H groups in total. The van der Waals surface area contributed by atoms with Crippen LogP contribution in [0.25, 0.3) is 153 Å². The van der Waals surface area contributed by atoms with Crippen LogP contribution < -0.4 is 0 Å². The number of hydrogen-bond acceptors (Lipinski definition) is 0. The molecule has 0 saturated heterocycles. The summed E-state index contributed by atoms with van der Waals surface area (Å²) in [6, 6.07) is 104. The molecule has 0 amide bonds. The molecule has 74 heavy (non-hydrogen) atoms. The van der Waals surface area contributed by atoms with Crippen LogP contribution in [-0.2, 0) is 0 Å². The summed E-state index contributed by atoms with van der Waals surface area (Å²) in [5, 5.41) is 20.1. The molecule has 0 atom stereocenters. The predicted octanol–water partition coefficient (Wildman–Crippen LogP) is 20.9. The van der Waals surface area contributed by atoms with Crippen LogP contribution in [0.15, 0.2) is 279 Å². The van der Waals surface area contributed by atoms with Crippen molar-refractivity contribution in [1.29, 1.82) is 0 Å². The Bertz CT molecular complexity index is 4650. The molecule has 0 radical (unpaired) electrons. The van der Waals surface area contributed by atoms with E-state index < -0.39 is 0 Å². The summed E-state index contributed by atoms with van der Waals surface area (Å²) < 4.78 is 0. The molecule has 0 bridgehead atoms. The van der Waals surface area contributed by atoms with Crippen LogP contribution in [0.2, 0.25) is 0 Å². The number of benzene rings is 15. The summed E-state index contributed by atoms with van der Waals surface area (Å²) in [6.07, 6.45) is 0. The summed E-state index contributed by atoms with van der Waals surface area (Å²) in [5.41, 5.74) is 14.9. The normalized spacial score (nSPS) is 11.8. The van der Waals surface area contributed by atoms with E-state index in [2.05, 4.69) is 279 Å². The Morgan fingerprint density at radius 2 is 0.446 bits per heavy atom. The van der Waals surface area contributed by atoms with Crippen molar-refractivity contribution >= 4 is 86.2 Å². The minimum absolute atomic E-state index is 1.21. The molecular formula is C74H46. The maximum Gasteiger partial charge on any atom is -0.00201 e. The molecular weight excluding hydrogens is 889 g/mol. The smallest absolute Gasteiger partial charge is 0.00201 e. The molecule has 15 rings (SSSR count). The van der Waals surface area contributed by atoms with Gasteiger partial charge in [-0.3, -0.25) is 0 Å². The Labute approximate surface area is 429 Å². The first-order valence-electron chi connectivity index (χ1n) is 25.7. The standard InChI is InChI=1S/C74H46/c1-2-18-51-46-56(39-34-47(51)16-1)72-65-25-7-11-29-69(65)74(70-30-12-8-26-66(70)72)62-33-15-21-55-45-53(41-43-60(55)62)52-40-42-59-54(44-52)20-14-31-57(59)49-35-37-50(38-36-49)71-63-23-5-9-27-67(63)73(68-28-10-6-24-64(68)71)61-32-13-19-48-17-3-4-22-58(48)61/h1-46H. The second kappa shape index (κ2) is 17.0. The first kappa shape index (κ1) is 42.1. The Morgan fingerprint density at radius 1 is 0.135 bits per heavy atom. The van der Waals surface area contributed by atoms with Crippen molar-refractivity contribution in [2.24, 2.45) is 0 Å². The zero-order valence-corrected chi connectivity index (χ0v) is 40.6. The lowest BCUT2D eigenvalue weighted by Gasteiger charge is -2.19. The second-order valence-corrected chi connectivity index (χ2v) is 19.8.